The molecule has 0 heterocycles. The second kappa shape index (κ2) is 4.98. The minimum absolute atomic E-state index is 0.103. The molecule has 0 saturated carbocycles. The largest absolute Gasteiger partial charge is 0.396 e. The van der Waals surface area contributed by atoms with Crippen LogP contribution in [0.3, 0.4) is 0 Å². The maximum absolute atomic E-state index is 13.3. The fourth-order valence-electron chi connectivity index (χ4n) is 1.47. The van der Waals surface area contributed by atoms with E-state index in [4.69, 9.17) is 5.73 Å². The van der Waals surface area contributed by atoms with Crippen LogP contribution in [0.4, 0.5) is 10.1 Å². The number of sulfonamides is 1. The van der Waals surface area contributed by atoms with Gasteiger partial charge in [0.05, 0.1) is 21.7 Å². The van der Waals surface area contributed by atoms with Gasteiger partial charge in [0.25, 0.3) is 0 Å². The molecule has 1 rings (SSSR count). The fourth-order valence-corrected chi connectivity index (χ4v) is 3.27. The molecule has 0 atom stereocenters. The van der Waals surface area contributed by atoms with Crippen LogP contribution >= 0.6 is 0 Å². The van der Waals surface area contributed by atoms with Crippen molar-refractivity contribution in [3.8, 4) is 0 Å². The number of hydrogen-bond donors (Lipinski definition) is 3. The highest BCUT2D eigenvalue weighted by atomic mass is 32.2. The van der Waals surface area contributed by atoms with Gasteiger partial charge in [0.15, 0.2) is 0 Å². The first-order valence-electron chi connectivity index (χ1n) is 6.10. The molecule has 20 heavy (non-hydrogen) atoms. The Balaban J connectivity index is 3.29. The van der Waals surface area contributed by atoms with Crippen LogP contribution in [-0.4, -0.2) is 24.7 Å². The molecule has 0 aliphatic rings. The third-order valence-corrected chi connectivity index (χ3v) is 5.30. The second-order valence-electron chi connectivity index (χ2n) is 5.93. The summed E-state index contributed by atoms with van der Waals surface area (Å²) in [6, 6.07) is 2.15. The van der Waals surface area contributed by atoms with Gasteiger partial charge in [-0.1, -0.05) is 0 Å². The summed E-state index contributed by atoms with van der Waals surface area (Å²) in [5, 5.41) is 10.0. The average Bonchev–Trinajstić information content (AvgIpc) is 2.19. The maximum atomic E-state index is 13.3. The Morgan fingerprint density at radius 3 is 2.20 bits per heavy atom. The maximum Gasteiger partial charge on any atom is 0.241 e. The molecular formula is C13H21FN2O3S. The molecule has 0 aromatic heterocycles. The van der Waals surface area contributed by atoms with E-state index in [9.17, 15) is 17.9 Å². The summed E-state index contributed by atoms with van der Waals surface area (Å²) in [6.45, 7) is 7.61. The number of rotatable bonds is 4. The number of aryl methyl sites for hydroxylation is 1. The Morgan fingerprint density at radius 2 is 1.75 bits per heavy atom. The summed E-state index contributed by atoms with van der Waals surface area (Å²) in [5.74, 6) is -0.664. The number of aliphatic hydroxyl groups is 1. The van der Waals surface area contributed by atoms with Crippen molar-refractivity contribution in [2.24, 2.45) is 0 Å². The Kier molecular flexibility index (Phi) is 4.20. The van der Waals surface area contributed by atoms with Crippen LogP contribution in [0.15, 0.2) is 17.0 Å². The molecule has 0 fully saturated rings. The minimum Gasteiger partial charge on any atom is -0.396 e. The number of nitrogen functional groups attached to an aromatic ring is 1. The molecule has 7 heteroatoms. The van der Waals surface area contributed by atoms with E-state index in [1.165, 1.54) is 20.8 Å². The lowest BCUT2D eigenvalue weighted by atomic mass is 9.87. The molecule has 1 aromatic carbocycles. The highest BCUT2D eigenvalue weighted by molar-refractivity contribution is 7.89. The van der Waals surface area contributed by atoms with Gasteiger partial charge in [0, 0.05) is 0 Å². The van der Waals surface area contributed by atoms with Crippen LogP contribution in [0.5, 0.6) is 0 Å². The molecule has 0 aliphatic carbocycles. The van der Waals surface area contributed by atoms with E-state index in [0.717, 1.165) is 12.1 Å². The number of benzene rings is 1. The van der Waals surface area contributed by atoms with Crippen LogP contribution in [0.2, 0.25) is 0 Å². The third kappa shape index (κ3) is 3.28. The molecule has 4 N–H and O–H groups in total. The van der Waals surface area contributed by atoms with Crippen molar-refractivity contribution in [1.29, 1.82) is 0 Å². The van der Waals surface area contributed by atoms with E-state index < -0.39 is 27.0 Å². The third-order valence-electron chi connectivity index (χ3n) is 3.50. The quantitative estimate of drug-likeness (QED) is 0.736. The van der Waals surface area contributed by atoms with Gasteiger partial charge in [-0.25, -0.2) is 17.5 Å². The van der Waals surface area contributed by atoms with Crippen LogP contribution in [0.1, 0.15) is 33.3 Å². The van der Waals surface area contributed by atoms with Gasteiger partial charge in [-0.15, -0.1) is 0 Å². The number of hydrogen-bond acceptors (Lipinski definition) is 4. The summed E-state index contributed by atoms with van der Waals surface area (Å²) in [7, 11) is -3.93. The lowest BCUT2D eigenvalue weighted by Gasteiger charge is -2.37. The van der Waals surface area contributed by atoms with Gasteiger partial charge in [-0.05, 0) is 52.3 Å². The summed E-state index contributed by atoms with van der Waals surface area (Å²) >= 11 is 0. The molecule has 0 spiro atoms. The van der Waals surface area contributed by atoms with E-state index in [-0.39, 0.29) is 16.1 Å². The van der Waals surface area contributed by atoms with Crippen molar-refractivity contribution in [3.63, 3.8) is 0 Å². The van der Waals surface area contributed by atoms with E-state index in [2.05, 4.69) is 4.72 Å². The number of nitrogens with two attached hydrogens (primary N) is 1. The zero-order valence-electron chi connectivity index (χ0n) is 12.3. The topological polar surface area (TPSA) is 92.4 Å². The first-order chi connectivity index (χ1) is 8.78. The molecule has 0 aliphatic heterocycles. The Labute approximate surface area is 119 Å². The van der Waals surface area contributed by atoms with E-state index in [1.807, 2.05) is 0 Å². The average molecular weight is 304 g/mol. The Hall–Kier alpha value is -1.18. The van der Waals surface area contributed by atoms with Crippen molar-refractivity contribution in [3.05, 3.63) is 23.5 Å². The van der Waals surface area contributed by atoms with Crippen LogP contribution < -0.4 is 10.5 Å². The van der Waals surface area contributed by atoms with Crippen LogP contribution in [0.25, 0.3) is 0 Å². The van der Waals surface area contributed by atoms with Crippen molar-refractivity contribution in [1.82, 2.24) is 4.72 Å². The molecule has 0 amide bonds. The van der Waals surface area contributed by atoms with Gasteiger partial charge >= 0.3 is 0 Å². The summed E-state index contributed by atoms with van der Waals surface area (Å²) < 4.78 is 40.5. The van der Waals surface area contributed by atoms with Crippen molar-refractivity contribution < 1.29 is 17.9 Å². The first kappa shape index (κ1) is 16.9. The van der Waals surface area contributed by atoms with Crippen molar-refractivity contribution >= 4 is 15.7 Å². The molecule has 5 nitrogen and oxygen atoms in total. The minimum atomic E-state index is -3.93. The fraction of sp³-hybridized carbons (Fsp3) is 0.538. The predicted octanol–water partition coefficient (Wildman–Crippen LogP) is 1.54. The van der Waals surface area contributed by atoms with Gasteiger partial charge in [-0.2, -0.15) is 0 Å². The zero-order valence-corrected chi connectivity index (χ0v) is 13.1. The first-order valence-corrected chi connectivity index (χ1v) is 7.58. The normalized spacial score (nSPS) is 13.6. The number of nitrogens with one attached hydrogen (secondary N) is 1. The number of halogens is 1. The van der Waals surface area contributed by atoms with E-state index in [1.54, 1.807) is 13.8 Å². The monoisotopic (exact) mass is 304 g/mol. The van der Waals surface area contributed by atoms with Gasteiger partial charge in [0.1, 0.15) is 5.82 Å². The summed E-state index contributed by atoms with van der Waals surface area (Å²) in [6.07, 6.45) is 0. The zero-order chi connectivity index (χ0) is 15.9. The van der Waals surface area contributed by atoms with Gasteiger partial charge < -0.3 is 10.8 Å². The molecule has 0 bridgehead atoms. The molecule has 0 radical (unpaired) electrons. The molecule has 1 aromatic rings. The van der Waals surface area contributed by atoms with Crippen LogP contribution in [-0.2, 0) is 10.0 Å². The second-order valence-corrected chi connectivity index (χ2v) is 7.58. The SMILES string of the molecule is Cc1cc(F)c(N)cc1S(=O)(=O)NC(C)(C)C(C)(C)O. The highest BCUT2D eigenvalue weighted by Crippen LogP contribution is 2.26. The standard InChI is InChI=1S/C13H21FN2O3S/c1-8-6-9(14)10(15)7-11(8)20(18,19)16-12(2,3)13(4,5)17/h6-7,16-17H,15H2,1-5H3. The lowest BCUT2D eigenvalue weighted by Crippen LogP contribution is -2.57. The molecule has 0 unspecified atom stereocenters. The van der Waals surface area contributed by atoms with E-state index >= 15 is 0 Å². The predicted molar refractivity (Wildman–Crippen MR) is 76.2 cm³/mol. The smallest absolute Gasteiger partial charge is 0.241 e. The molecular weight excluding hydrogens is 283 g/mol. The molecule has 0 saturated heterocycles. The highest BCUT2D eigenvalue weighted by Gasteiger charge is 2.39. The van der Waals surface area contributed by atoms with E-state index in [0.29, 0.717) is 0 Å². The lowest BCUT2D eigenvalue weighted by molar-refractivity contribution is 0.00638. The summed E-state index contributed by atoms with van der Waals surface area (Å²) in [4.78, 5) is -0.103. The summed E-state index contributed by atoms with van der Waals surface area (Å²) in [5.41, 5.74) is 3.04. The Morgan fingerprint density at radius 1 is 1.25 bits per heavy atom. The van der Waals surface area contributed by atoms with Crippen molar-refractivity contribution in [2.75, 3.05) is 5.73 Å². The van der Waals surface area contributed by atoms with Crippen LogP contribution in [0, 0.1) is 12.7 Å². The molecule has 114 valence electrons. The Bertz CT molecular complexity index is 619. The van der Waals surface area contributed by atoms with Gasteiger partial charge in [0.2, 0.25) is 10.0 Å². The number of anilines is 1. The van der Waals surface area contributed by atoms with Crippen molar-refractivity contribution in [2.45, 2.75) is 50.7 Å². The van der Waals surface area contributed by atoms with Gasteiger partial charge in [-0.3, -0.25) is 0 Å².